The summed E-state index contributed by atoms with van der Waals surface area (Å²) in [7, 11) is 0. The molecule has 0 saturated carbocycles. The molecule has 0 unspecified atom stereocenters. The molecule has 1 fully saturated rings. The molecule has 2 aromatic rings. The Balaban J connectivity index is 1.57. The summed E-state index contributed by atoms with van der Waals surface area (Å²) in [4.78, 5) is 6.84. The summed E-state index contributed by atoms with van der Waals surface area (Å²) in [5.41, 5.74) is 1.36. The maximum atomic E-state index is 10.2. The highest BCUT2D eigenvalue weighted by Gasteiger charge is 2.11. The molecule has 1 aromatic heterocycles. The summed E-state index contributed by atoms with van der Waals surface area (Å²) < 4.78 is 27.8. The van der Waals surface area contributed by atoms with Crippen LogP contribution in [-0.4, -0.2) is 94.1 Å². The van der Waals surface area contributed by atoms with E-state index in [0.29, 0.717) is 83.2 Å². The van der Waals surface area contributed by atoms with Crippen molar-refractivity contribution in [2.45, 2.75) is 6.54 Å². The zero-order valence-corrected chi connectivity index (χ0v) is 18.5. The number of aromatic nitrogens is 1. The Hall–Kier alpha value is -1.52. The topological polar surface area (TPSA) is 82.5 Å². The molecule has 172 valence electrons. The first-order valence-electron chi connectivity index (χ1n) is 10.6. The van der Waals surface area contributed by atoms with Crippen LogP contribution in [0.1, 0.15) is 5.69 Å². The van der Waals surface area contributed by atoms with Gasteiger partial charge in [0.2, 0.25) is 0 Å². The fraction of sp³-hybridized carbons (Fsp3) is 0.591. The third kappa shape index (κ3) is 8.50. The molecule has 1 aromatic carbocycles. The van der Waals surface area contributed by atoms with Crippen molar-refractivity contribution in [1.29, 1.82) is 0 Å². The Kier molecular flexibility index (Phi) is 10.7. The van der Waals surface area contributed by atoms with Gasteiger partial charge in [-0.3, -0.25) is 4.90 Å². The summed E-state index contributed by atoms with van der Waals surface area (Å²) in [5.74, 6) is 0.123. The first-order chi connectivity index (χ1) is 15.2. The Bertz CT molecular complexity index is 776. The van der Waals surface area contributed by atoms with E-state index >= 15 is 0 Å². The van der Waals surface area contributed by atoms with E-state index in [2.05, 4.69) is 9.88 Å². The van der Waals surface area contributed by atoms with Gasteiger partial charge in [0, 0.05) is 25.0 Å². The average Bonchev–Trinajstić information content (AvgIpc) is 2.77. The van der Waals surface area contributed by atoms with Gasteiger partial charge in [0.05, 0.1) is 76.8 Å². The zero-order valence-electron chi connectivity index (χ0n) is 17.8. The van der Waals surface area contributed by atoms with E-state index in [4.69, 9.17) is 35.3 Å². The van der Waals surface area contributed by atoms with Crippen LogP contribution >= 0.6 is 11.6 Å². The smallest absolute Gasteiger partial charge is 0.141 e. The van der Waals surface area contributed by atoms with Gasteiger partial charge in [-0.1, -0.05) is 11.6 Å². The standard InChI is InChI=1S/C22H31ClN2O6/c23-20-3-4-21(26)22-19(20)2-1-18(24-22)17-25-5-7-27-9-11-29-13-15-31-16-14-30-12-10-28-8-6-25/h1-4,26H,5-17H2. The second kappa shape index (κ2) is 13.8. The second-order valence-electron chi connectivity index (χ2n) is 7.10. The fourth-order valence-electron chi connectivity index (χ4n) is 3.16. The number of hydrogen-bond acceptors (Lipinski definition) is 8. The average molecular weight is 455 g/mol. The minimum absolute atomic E-state index is 0.123. The summed E-state index contributed by atoms with van der Waals surface area (Å²) >= 11 is 6.22. The molecule has 0 radical (unpaired) electrons. The fourth-order valence-corrected chi connectivity index (χ4v) is 3.38. The molecule has 0 atom stereocenters. The van der Waals surface area contributed by atoms with Crippen molar-refractivity contribution in [2.24, 2.45) is 0 Å². The van der Waals surface area contributed by atoms with Crippen LogP contribution in [0.15, 0.2) is 24.3 Å². The van der Waals surface area contributed by atoms with Gasteiger partial charge in [0.15, 0.2) is 0 Å². The summed E-state index contributed by atoms with van der Waals surface area (Å²) in [6.45, 7) is 7.55. The Labute approximate surface area is 187 Å². The molecule has 1 saturated heterocycles. The van der Waals surface area contributed by atoms with Crippen molar-refractivity contribution in [3.8, 4) is 5.75 Å². The van der Waals surface area contributed by atoms with Gasteiger partial charge >= 0.3 is 0 Å². The minimum atomic E-state index is 0.123. The van der Waals surface area contributed by atoms with Crippen molar-refractivity contribution >= 4 is 22.5 Å². The zero-order chi connectivity index (χ0) is 21.7. The molecule has 9 heteroatoms. The largest absolute Gasteiger partial charge is 0.506 e. The van der Waals surface area contributed by atoms with Gasteiger partial charge in [-0.25, -0.2) is 4.98 Å². The van der Waals surface area contributed by atoms with E-state index in [-0.39, 0.29) is 5.75 Å². The minimum Gasteiger partial charge on any atom is -0.506 e. The number of pyridine rings is 1. The lowest BCUT2D eigenvalue weighted by atomic mass is 10.2. The van der Waals surface area contributed by atoms with Gasteiger partial charge in [-0.05, 0) is 24.3 Å². The molecule has 31 heavy (non-hydrogen) atoms. The molecule has 1 aliphatic heterocycles. The molecular formula is C22H31ClN2O6. The predicted molar refractivity (Wildman–Crippen MR) is 118 cm³/mol. The van der Waals surface area contributed by atoms with E-state index in [1.165, 1.54) is 0 Å². The third-order valence-electron chi connectivity index (χ3n) is 4.82. The van der Waals surface area contributed by atoms with Crippen molar-refractivity contribution in [3.63, 3.8) is 0 Å². The number of rotatable bonds is 2. The molecule has 0 amide bonds. The molecule has 1 aliphatic rings. The number of benzene rings is 1. The van der Waals surface area contributed by atoms with Gasteiger partial charge in [0.1, 0.15) is 11.3 Å². The summed E-state index contributed by atoms with van der Waals surface area (Å²) in [5, 5.41) is 11.5. The monoisotopic (exact) mass is 454 g/mol. The summed E-state index contributed by atoms with van der Waals surface area (Å²) in [6, 6.07) is 7.07. The normalized spacial score (nSPS) is 19.6. The number of phenolic OH excluding ortho intramolecular Hbond substituents is 1. The number of aromatic hydroxyl groups is 1. The number of hydrogen-bond donors (Lipinski definition) is 1. The number of halogens is 1. The van der Waals surface area contributed by atoms with Crippen LogP contribution < -0.4 is 0 Å². The van der Waals surface area contributed by atoms with E-state index < -0.39 is 0 Å². The van der Waals surface area contributed by atoms with Crippen molar-refractivity contribution in [3.05, 3.63) is 35.0 Å². The lowest BCUT2D eigenvalue weighted by Gasteiger charge is -2.22. The highest BCUT2D eigenvalue weighted by Crippen LogP contribution is 2.29. The van der Waals surface area contributed by atoms with Crippen LogP contribution in [-0.2, 0) is 30.2 Å². The molecule has 3 rings (SSSR count). The van der Waals surface area contributed by atoms with Gasteiger partial charge in [0.25, 0.3) is 0 Å². The van der Waals surface area contributed by atoms with Crippen LogP contribution in [0.3, 0.4) is 0 Å². The van der Waals surface area contributed by atoms with Crippen LogP contribution in [0.25, 0.3) is 10.9 Å². The van der Waals surface area contributed by atoms with Crippen molar-refractivity contribution < 1.29 is 28.8 Å². The molecule has 8 nitrogen and oxygen atoms in total. The molecule has 0 aliphatic carbocycles. The van der Waals surface area contributed by atoms with Crippen molar-refractivity contribution in [1.82, 2.24) is 9.88 Å². The number of fused-ring (bicyclic) bond motifs is 1. The predicted octanol–water partition coefficient (Wildman–Crippen LogP) is 2.49. The quantitative estimate of drug-likeness (QED) is 0.741. The van der Waals surface area contributed by atoms with Gasteiger partial charge in [-0.15, -0.1) is 0 Å². The van der Waals surface area contributed by atoms with Crippen LogP contribution in [0.2, 0.25) is 5.02 Å². The lowest BCUT2D eigenvalue weighted by molar-refractivity contribution is -0.0190. The van der Waals surface area contributed by atoms with Gasteiger partial charge in [-0.2, -0.15) is 0 Å². The van der Waals surface area contributed by atoms with E-state index in [9.17, 15) is 5.11 Å². The van der Waals surface area contributed by atoms with Crippen LogP contribution in [0.5, 0.6) is 5.75 Å². The molecule has 1 N–H and O–H groups in total. The molecular weight excluding hydrogens is 424 g/mol. The van der Waals surface area contributed by atoms with Crippen LogP contribution in [0.4, 0.5) is 0 Å². The maximum Gasteiger partial charge on any atom is 0.141 e. The van der Waals surface area contributed by atoms with Crippen molar-refractivity contribution in [2.75, 3.05) is 79.2 Å². The van der Waals surface area contributed by atoms with Gasteiger partial charge < -0.3 is 28.8 Å². The first kappa shape index (κ1) is 24.1. The Morgan fingerprint density at radius 3 is 1.81 bits per heavy atom. The number of nitrogens with zero attached hydrogens (tertiary/aromatic N) is 2. The second-order valence-corrected chi connectivity index (χ2v) is 7.51. The van der Waals surface area contributed by atoms with E-state index in [0.717, 1.165) is 24.2 Å². The molecule has 2 heterocycles. The molecule has 0 spiro atoms. The Morgan fingerprint density at radius 1 is 0.742 bits per heavy atom. The maximum absolute atomic E-state index is 10.2. The number of phenols is 1. The Morgan fingerprint density at radius 2 is 1.26 bits per heavy atom. The highest BCUT2D eigenvalue weighted by atomic mass is 35.5. The lowest BCUT2D eigenvalue weighted by Crippen LogP contribution is -2.31. The summed E-state index contributed by atoms with van der Waals surface area (Å²) in [6.07, 6.45) is 0. The van der Waals surface area contributed by atoms with E-state index in [1.807, 2.05) is 12.1 Å². The SMILES string of the molecule is Oc1ccc(Cl)c2ccc(CN3CCOCCOCCOCCOCCOCC3)nc12. The third-order valence-corrected chi connectivity index (χ3v) is 5.15. The molecule has 0 bridgehead atoms. The van der Waals surface area contributed by atoms with Crippen LogP contribution in [0, 0.1) is 0 Å². The highest BCUT2D eigenvalue weighted by molar-refractivity contribution is 6.35. The number of ether oxygens (including phenoxy) is 5. The van der Waals surface area contributed by atoms with E-state index in [1.54, 1.807) is 12.1 Å². The first-order valence-corrected chi connectivity index (χ1v) is 11.0.